The Morgan fingerprint density at radius 3 is 2.73 bits per heavy atom. The SMILES string of the molecule is O=C(NCc1ccncc1)c1cc2cc(Br)ccc2[nH]c1=O. The molecule has 0 saturated carbocycles. The number of carbonyl (C=O) groups is 1. The fourth-order valence-corrected chi connectivity index (χ4v) is 2.50. The van der Waals surface area contributed by atoms with E-state index in [1.54, 1.807) is 24.5 Å². The molecule has 0 fully saturated rings. The van der Waals surface area contributed by atoms with Gasteiger partial charge in [-0.1, -0.05) is 15.9 Å². The van der Waals surface area contributed by atoms with Gasteiger partial charge in [-0.15, -0.1) is 0 Å². The van der Waals surface area contributed by atoms with Gasteiger partial charge < -0.3 is 10.3 Å². The van der Waals surface area contributed by atoms with Crippen LogP contribution in [0.25, 0.3) is 10.9 Å². The molecule has 0 aliphatic rings. The van der Waals surface area contributed by atoms with E-state index in [-0.39, 0.29) is 5.56 Å². The highest BCUT2D eigenvalue weighted by Gasteiger charge is 2.11. The molecule has 0 spiro atoms. The molecule has 3 aromatic rings. The molecule has 110 valence electrons. The molecule has 0 unspecified atom stereocenters. The van der Waals surface area contributed by atoms with Crippen molar-refractivity contribution in [2.75, 3.05) is 0 Å². The molecule has 0 aliphatic heterocycles. The number of halogens is 1. The lowest BCUT2D eigenvalue weighted by Gasteiger charge is -2.06. The van der Waals surface area contributed by atoms with E-state index < -0.39 is 11.5 Å². The van der Waals surface area contributed by atoms with Crippen LogP contribution >= 0.6 is 15.9 Å². The molecule has 0 bridgehead atoms. The Bertz CT molecular complexity index is 891. The summed E-state index contributed by atoms with van der Waals surface area (Å²) in [6.45, 7) is 0.345. The van der Waals surface area contributed by atoms with Crippen molar-refractivity contribution in [2.24, 2.45) is 0 Å². The molecule has 6 heteroatoms. The summed E-state index contributed by atoms with van der Waals surface area (Å²) in [6.07, 6.45) is 3.31. The Labute approximate surface area is 134 Å². The molecule has 22 heavy (non-hydrogen) atoms. The van der Waals surface area contributed by atoms with Crippen LogP contribution in [0.1, 0.15) is 15.9 Å². The van der Waals surface area contributed by atoms with E-state index in [1.165, 1.54) is 0 Å². The van der Waals surface area contributed by atoms with Crippen LogP contribution in [0.15, 0.2) is 58.1 Å². The van der Waals surface area contributed by atoms with Crippen LogP contribution in [-0.4, -0.2) is 15.9 Å². The van der Waals surface area contributed by atoms with Crippen molar-refractivity contribution < 1.29 is 4.79 Å². The van der Waals surface area contributed by atoms with Crippen molar-refractivity contribution in [1.29, 1.82) is 0 Å². The summed E-state index contributed by atoms with van der Waals surface area (Å²) >= 11 is 3.38. The summed E-state index contributed by atoms with van der Waals surface area (Å²) in [5.74, 6) is -0.403. The van der Waals surface area contributed by atoms with E-state index in [2.05, 4.69) is 31.2 Å². The lowest BCUT2D eigenvalue weighted by Crippen LogP contribution is -2.29. The average Bonchev–Trinajstić information content (AvgIpc) is 2.53. The molecule has 1 amide bonds. The highest BCUT2D eigenvalue weighted by Crippen LogP contribution is 2.17. The van der Waals surface area contributed by atoms with Crippen LogP contribution in [0.3, 0.4) is 0 Å². The van der Waals surface area contributed by atoms with Crippen LogP contribution in [0.4, 0.5) is 0 Å². The number of amides is 1. The molecule has 5 nitrogen and oxygen atoms in total. The number of nitrogens with zero attached hydrogens (tertiary/aromatic N) is 1. The number of H-pyrrole nitrogens is 1. The third-order valence-corrected chi connectivity index (χ3v) is 3.75. The standard InChI is InChI=1S/C16H12BrN3O2/c17-12-1-2-14-11(7-12)8-13(16(22)20-14)15(21)19-9-10-3-5-18-6-4-10/h1-8H,9H2,(H,19,21)(H,20,22). The van der Waals surface area contributed by atoms with Crippen LogP contribution < -0.4 is 10.9 Å². The molecule has 0 aliphatic carbocycles. The maximum Gasteiger partial charge on any atom is 0.261 e. The Morgan fingerprint density at radius 1 is 1.18 bits per heavy atom. The lowest BCUT2D eigenvalue weighted by molar-refractivity contribution is 0.0949. The van der Waals surface area contributed by atoms with E-state index in [0.29, 0.717) is 12.1 Å². The lowest BCUT2D eigenvalue weighted by atomic mass is 10.1. The molecule has 0 radical (unpaired) electrons. The molecule has 2 N–H and O–H groups in total. The van der Waals surface area contributed by atoms with Crippen LogP contribution in [0, 0.1) is 0 Å². The summed E-state index contributed by atoms with van der Waals surface area (Å²) < 4.78 is 0.884. The van der Waals surface area contributed by atoms with Gasteiger partial charge in [-0.25, -0.2) is 0 Å². The van der Waals surface area contributed by atoms with Gasteiger partial charge in [-0.2, -0.15) is 0 Å². The maximum atomic E-state index is 12.2. The van der Waals surface area contributed by atoms with Crippen molar-refractivity contribution >= 4 is 32.7 Å². The molecule has 0 saturated heterocycles. The van der Waals surface area contributed by atoms with Crippen LogP contribution in [-0.2, 0) is 6.54 Å². The fourth-order valence-electron chi connectivity index (χ4n) is 2.12. The topological polar surface area (TPSA) is 74.8 Å². The second kappa shape index (κ2) is 6.11. The Kier molecular flexibility index (Phi) is 4.02. The van der Waals surface area contributed by atoms with Gasteiger partial charge in [0.25, 0.3) is 11.5 Å². The second-order valence-electron chi connectivity index (χ2n) is 4.78. The zero-order valence-corrected chi connectivity index (χ0v) is 13.1. The number of benzene rings is 1. The van der Waals surface area contributed by atoms with Crippen molar-refractivity contribution in [1.82, 2.24) is 15.3 Å². The maximum absolute atomic E-state index is 12.2. The van der Waals surface area contributed by atoms with Gasteiger partial charge in [0.2, 0.25) is 0 Å². The van der Waals surface area contributed by atoms with E-state index in [0.717, 1.165) is 15.4 Å². The number of rotatable bonds is 3. The van der Waals surface area contributed by atoms with Gasteiger partial charge in [0.15, 0.2) is 0 Å². The van der Waals surface area contributed by atoms with Gasteiger partial charge in [-0.05, 0) is 42.0 Å². The first kappa shape index (κ1) is 14.5. The third kappa shape index (κ3) is 3.07. The smallest absolute Gasteiger partial charge is 0.261 e. The first-order valence-electron chi connectivity index (χ1n) is 6.63. The predicted molar refractivity (Wildman–Crippen MR) is 87.7 cm³/mol. The largest absolute Gasteiger partial charge is 0.348 e. The number of carbonyl (C=O) groups excluding carboxylic acids is 1. The number of fused-ring (bicyclic) bond motifs is 1. The van der Waals surface area contributed by atoms with Gasteiger partial charge in [0.1, 0.15) is 5.56 Å². The van der Waals surface area contributed by atoms with E-state index in [1.807, 2.05) is 24.3 Å². The van der Waals surface area contributed by atoms with Crippen molar-refractivity contribution in [2.45, 2.75) is 6.54 Å². The first-order valence-corrected chi connectivity index (χ1v) is 7.42. The molecular formula is C16H12BrN3O2. The van der Waals surface area contributed by atoms with Gasteiger partial charge in [0, 0.05) is 34.3 Å². The highest BCUT2D eigenvalue weighted by molar-refractivity contribution is 9.10. The van der Waals surface area contributed by atoms with Crippen molar-refractivity contribution in [3.8, 4) is 0 Å². The summed E-state index contributed by atoms with van der Waals surface area (Å²) in [6, 6.07) is 10.7. The highest BCUT2D eigenvalue weighted by atomic mass is 79.9. The second-order valence-corrected chi connectivity index (χ2v) is 5.70. The minimum Gasteiger partial charge on any atom is -0.348 e. The number of nitrogens with one attached hydrogen (secondary N) is 2. The Morgan fingerprint density at radius 2 is 1.95 bits per heavy atom. The third-order valence-electron chi connectivity index (χ3n) is 3.25. The number of hydrogen-bond acceptors (Lipinski definition) is 3. The zero-order chi connectivity index (χ0) is 15.5. The van der Waals surface area contributed by atoms with Gasteiger partial charge in [-0.3, -0.25) is 14.6 Å². The van der Waals surface area contributed by atoms with Crippen LogP contribution in [0.5, 0.6) is 0 Å². The van der Waals surface area contributed by atoms with Crippen molar-refractivity contribution in [3.05, 3.63) is 74.7 Å². The van der Waals surface area contributed by atoms with E-state index in [9.17, 15) is 9.59 Å². The zero-order valence-electron chi connectivity index (χ0n) is 11.5. The van der Waals surface area contributed by atoms with E-state index in [4.69, 9.17) is 0 Å². The Hall–Kier alpha value is -2.47. The summed E-state index contributed by atoms with van der Waals surface area (Å²) in [4.78, 5) is 30.9. The van der Waals surface area contributed by atoms with Gasteiger partial charge >= 0.3 is 0 Å². The quantitative estimate of drug-likeness (QED) is 0.756. The number of aromatic nitrogens is 2. The first-order chi connectivity index (χ1) is 10.6. The van der Waals surface area contributed by atoms with E-state index >= 15 is 0 Å². The van der Waals surface area contributed by atoms with Crippen molar-refractivity contribution in [3.63, 3.8) is 0 Å². The normalized spacial score (nSPS) is 10.6. The predicted octanol–water partition coefficient (Wildman–Crippen LogP) is 2.62. The average molecular weight is 358 g/mol. The molecule has 0 atom stereocenters. The molecule has 2 heterocycles. The van der Waals surface area contributed by atoms with Crippen LogP contribution in [0.2, 0.25) is 0 Å². The summed E-state index contributed by atoms with van der Waals surface area (Å²) in [7, 11) is 0. The number of aromatic amines is 1. The monoisotopic (exact) mass is 357 g/mol. The van der Waals surface area contributed by atoms with Gasteiger partial charge in [0.05, 0.1) is 0 Å². The summed E-state index contributed by atoms with van der Waals surface area (Å²) in [5, 5.41) is 3.53. The number of hydrogen-bond donors (Lipinski definition) is 2. The molecule has 1 aromatic carbocycles. The fraction of sp³-hybridized carbons (Fsp3) is 0.0625. The number of pyridine rings is 2. The minimum atomic E-state index is -0.403. The Balaban J connectivity index is 1.87. The minimum absolute atomic E-state index is 0.0969. The molecule has 3 rings (SSSR count). The molecular weight excluding hydrogens is 346 g/mol. The molecule has 2 aromatic heterocycles. The summed E-state index contributed by atoms with van der Waals surface area (Å²) in [5.41, 5.74) is 1.31.